The van der Waals surface area contributed by atoms with Crippen LogP contribution in [0, 0.1) is 6.92 Å². The summed E-state index contributed by atoms with van der Waals surface area (Å²) in [6, 6.07) is 7.78. The highest BCUT2D eigenvalue weighted by Gasteiger charge is 2.13. The molecule has 0 saturated heterocycles. The van der Waals surface area contributed by atoms with Gasteiger partial charge in [-0.1, -0.05) is 12.1 Å². The van der Waals surface area contributed by atoms with Crippen molar-refractivity contribution in [3.8, 4) is 0 Å². The first-order chi connectivity index (χ1) is 8.70. The Bertz CT molecular complexity index is 570. The Morgan fingerprint density at radius 2 is 2.22 bits per heavy atom. The third-order valence-corrected chi connectivity index (χ3v) is 2.40. The predicted molar refractivity (Wildman–Crippen MR) is 67.8 cm³/mol. The molecule has 0 spiro atoms. The van der Waals surface area contributed by atoms with Crippen LogP contribution in [0.5, 0.6) is 0 Å². The van der Waals surface area contributed by atoms with Crippen LogP contribution in [0.2, 0.25) is 0 Å². The van der Waals surface area contributed by atoms with E-state index in [0.29, 0.717) is 11.4 Å². The van der Waals surface area contributed by atoms with Crippen molar-refractivity contribution >= 4 is 17.5 Å². The number of benzene rings is 1. The van der Waals surface area contributed by atoms with E-state index in [0.717, 1.165) is 11.3 Å². The number of hydrogen-bond acceptors (Lipinski definition) is 5. The molecule has 1 aromatic heterocycles. The number of nitrogens with one attached hydrogen (secondary N) is 1. The average Bonchev–Trinajstić information content (AvgIpc) is 2.38. The van der Waals surface area contributed by atoms with Crippen molar-refractivity contribution in [1.29, 1.82) is 0 Å². The molecule has 0 aliphatic carbocycles. The first kappa shape index (κ1) is 12.0. The Labute approximate surface area is 105 Å². The van der Waals surface area contributed by atoms with Gasteiger partial charge in [0, 0.05) is 11.9 Å². The number of anilines is 2. The molecule has 5 nitrogen and oxygen atoms in total. The number of hydrogen-bond donors (Lipinski definition) is 1. The maximum absolute atomic E-state index is 11.5. The number of methoxy groups -OCH3 is 1. The van der Waals surface area contributed by atoms with E-state index in [1.165, 1.54) is 19.6 Å². The van der Waals surface area contributed by atoms with Crippen molar-refractivity contribution in [2.75, 3.05) is 12.4 Å². The highest BCUT2D eigenvalue weighted by molar-refractivity contribution is 5.94. The Morgan fingerprint density at radius 1 is 1.39 bits per heavy atom. The Balaban J connectivity index is 2.32. The number of carbonyl (C=O) groups is 1. The van der Waals surface area contributed by atoms with Crippen LogP contribution in [0.25, 0.3) is 0 Å². The smallest absolute Gasteiger partial charge is 0.343 e. The first-order valence-electron chi connectivity index (χ1n) is 5.42. The van der Waals surface area contributed by atoms with Crippen LogP contribution in [0.3, 0.4) is 0 Å². The third-order valence-electron chi connectivity index (χ3n) is 2.40. The molecule has 5 heteroatoms. The first-order valence-corrected chi connectivity index (χ1v) is 5.42. The summed E-state index contributed by atoms with van der Waals surface area (Å²) in [6.45, 7) is 1.99. The molecule has 0 aliphatic rings. The van der Waals surface area contributed by atoms with Gasteiger partial charge >= 0.3 is 5.97 Å². The largest absolute Gasteiger partial charge is 0.465 e. The summed E-state index contributed by atoms with van der Waals surface area (Å²) < 4.78 is 4.68. The summed E-state index contributed by atoms with van der Waals surface area (Å²) in [5.74, 6) is -0.0341. The zero-order valence-corrected chi connectivity index (χ0v) is 10.2. The highest BCUT2D eigenvalue weighted by atomic mass is 16.5. The normalized spacial score (nSPS) is 9.89. The topological polar surface area (TPSA) is 64.1 Å². The minimum absolute atomic E-state index is 0.307. The molecule has 92 valence electrons. The zero-order valence-electron chi connectivity index (χ0n) is 10.2. The van der Waals surface area contributed by atoms with Gasteiger partial charge in [-0.2, -0.15) is 0 Å². The molecule has 0 bridgehead atoms. The predicted octanol–water partition coefficient (Wildman–Crippen LogP) is 2.32. The maximum Gasteiger partial charge on any atom is 0.343 e. The highest BCUT2D eigenvalue weighted by Crippen LogP contribution is 2.19. The van der Waals surface area contributed by atoms with Gasteiger partial charge in [0.2, 0.25) is 0 Å². The molecule has 0 amide bonds. The van der Waals surface area contributed by atoms with Crippen LogP contribution in [-0.2, 0) is 4.74 Å². The summed E-state index contributed by atoms with van der Waals surface area (Å²) in [5, 5.41) is 3.08. The summed E-state index contributed by atoms with van der Waals surface area (Å²) >= 11 is 0. The number of aromatic nitrogens is 2. The summed E-state index contributed by atoms with van der Waals surface area (Å²) in [7, 11) is 1.33. The van der Waals surface area contributed by atoms with E-state index in [2.05, 4.69) is 20.0 Å². The van der Waals surface area contributed by atoms with Gasteiger partial charge in [-0.3, -0.25) is 0 Å². The second-order valence-electron chi connectivity index (χ2n) is 3.77. The number of esters is 1. The van der Waals surface area contributed by atoms with Crippen LogP contribution in [0.4, 0.5) is 11.5 Å². The van der Waals surface area contributed by atoms with Crippen molar-refractivity contribution in [3.63, 3.8) is 0 Å². The number of nitrogens with zero attached hydrogens (tertiary/aromatic N) is 2. The van der Waals surface area contributed by atoms with Gasteiger partial charge in [0.1, 0.15) is 17.7 Å². The van der Waals surface area contributed by atoms with E-state index in [1.54, 1.807) is 0 Å². The van der Waals surface area contributed by atoms with Crippen molar-refractivity contribution in [2.24, 2.45) is 0 Å². The maximum atomic E-state index is 11.5. The number of carbonyl (C=O) groups excluding carboxylic acids is 1. The molecule has 0 saturated carbocycles. The third kappa shape index (κ3) is 2.63. The van der Waals surface area contributed by atoms with Gasteiger partial charge in [-0.05, 0) is 24.6 Å². The van der Waals surface area contributed by atoms with Gasteiger partial charge in [0.05, 0.1) is 7.11 Å². The van der Waals surface area contributed by atoms with Crippen LogP contribution >= 0.6 is 0 Å². The van der Waals surface area contributed by atoms with Crippen LogP contribution in [0.1, 0.15) is 15.9 Å². The second-order valence-corrected chi connectivity index (χ2v) is 3.77. The molecule has 0 fully saturated rings. The molecule has 0 atom stereocenters. The van der Waals surface area contributed by atoms with E-state index >= 15 is 0 Å². The number of rotatable bonds is 3. The molecule has 2 rings (SSSR count). The van der Waals surface area contributed by atoms with Crippen molar-refractivity contribution in [3.05, 3.63) is 47.9 Å². The SMILES string of the molecule is COC(=O)c1cncnc1Nc1cccc(C)c1. The van der Waals surface area contributed by atoms with Gasteiger partial charge < -0.3 is 10.1 Å². The molecule has 2 aromatic rings. The minimum atomic E-state index is -0.467. The molecule has 1 aromatic carbocycles. The van der Waals surface area contributed by atoms with Crippen LogP contribution < -0.4 is 5.32 Å². The molecule has 18 heavy (non-hydrogen) atoms. The van der Waals surface area contributed by atoms with Gasteiger partial charge in [0.15, 0.2) is 0 Å². The van der Waals surface area contributed by atoms with Crippen molar-refractivity contribution < 1.29 is 9.53 Å². The fourth-order valence-electron chi connectivity index (χ4n) is 1.55. The van der Waals surface area contributed by atoms with Gasteiger partial charge in [-0.15, -0.1) is 0 Å². The lowest BCUT2D eigenvalue weighted by Crippen LogP contribution is -2.07. The van der Waals surface area contributed by atoms with E-state index in [1.807, 2.05) is 31.2 Å². The molecule has 1 heterocycles. The lowest BCUT2D eigenvalue weighted by Gasteiger charge is -2.09. The van der Waals surface area contributed by atoms with E-state index in [4.69, 9.17) is 0 Å². The molecule has 1 N–H and O–H groups in total. The molecule has 0 unspecified atom stereocenters. The molecular weight excluding hydrogens is 230 g/mol. The van der Waals surface area contributed by atoms with Gasteiger partial charge in [0.25, 0.3) is 0 Å². The molecular formula is C13H13N3O2. The molecule has 0 aliphatic heterocycles. The van der Waals surface area contributed by atoms with Gasteiger partial charge in [-0.25, -0.2) is 14.8 Å². The number of aryl methyl sites for hydroxylation is 1. The average molecular weight is 243 g/mol. The summed E-state index contributed by atoms with van der Waals surface area (Å²) in [6.07, 6.45) is 2.81. The lowest BCUT2D eigenvalue weighted by molar-refractivity contribution is 0.0601. The monoisotopic (exact) mass is 243 g/mol. The Kier molecular flexibility index (Phi) is 3.52. The van der Waals surface area contributed by atoms with E-state index in [9.17, 15) is 4.79 Å². The Hall–Kier alpha value is -2.43. The van der Waals surface area contributed by atoms with Crippen LogP contribution in [0.15, 0.2) is 36.8 Å². The Morgan fingerprint density at radius 3 is 2.94 bits per heavy atom. The molecule has 0 radical (unpaired) electrons. The zero-order chi connectivity index (χ0) is 13.0. The van der Waals surface area contributed by atoms with Crippen LogP contribution in [-0.4, -0.2) is 23.0 Å². The van der Waals surface area contributed by atoms with Crippen molar-refractivity contribution in [1.82, 2.24) is 9.97 Å². The summed E-state index contributed by atoms with van der Waals surface area (Å²) in [5.41, 5.74) is 2.29. The lowest BCUT2D eigenvalue weighted by atomic mass is 10.2. The fourth-order valence-corrected chi connectivity index (χ4v) is 1.55. The van der Waals surface area contributed by atoms with E-state index in [-0.39, 0.29) is 0 Å². The quantitative estimate of drug-likeness (QED) is 0.838. The van der Waals surface area contributed by atoms with Crippen molar-refractivity contribution in [2.45, 2.75) is 6.92 Å². The second kappa shape index (κ2) is 5.27. The number of ether oxygens (including phenoxy) is 1. The van der Waals surface area contributed by atoms with E-state index < -0.39 is 5.97 Å². The fraction of sp³-hybridized carbons (Fsp3) is 0.154. The minimum Gasteiger partial charge on any atom is -0.465 e. The summed E-state index contributed by atoms with van der Waals surface area (Å²) in [4.78, 5) is 19.4. The standard InChI is InChI=1S/C13H13N3O2/c1-9-4-3-5-10(6-9)16-12-11(13(17)18-2)7-14-8-15-12/h3-8H,1-2H3,(H,14,15,16).